The van der Waals surface area contributed by atoms with E-state index in [0.717, 1.165) is 44.4 Å². The molecule has 276 valence electrons. The Morgan fingerprint density at radius 3 is 1.81 bits per heavy atom. The van der Waals surface area contributed by atoms with Crippen molar-refractivity contribution in [1.82, 2.24) is 0 Å². The van der Waals surface area contributed by atoms with Gasteiger partial charge in [0.05, 0.1) is 11.1 Å². The van der Waals surface area contributed by atoms with Crippen LogP contribution in [0.25, 0.3) is 97.0 Å². The molecule has 2 heterocycles. The Labute approximate surface area is 345 Å². The van der Waals surface area contributed by atoms with Crippen molar-refractivity contribution in [3.63, 3.8) is 0 Å². The van der Waals surface area contributed by atoms with Crippen LogP contribution in [0.3, 0.4) is 0 Å². The summed E-state index contributed by atoms with van der Waals surface area (Å²) in [4.78, 5) is 2.39. The van der Waals surface area contributed by atoms with Gasteiger partial charge in [0.25, 0.3) is 0 Å². The quantitative estimate of drug-likeness (QED) is 0.167. The van der Waals surface area contributed by atoms with Gasteiger partial charge in [-0.25, -0.2) is 0 Å². The zero-order valence-corrected chi connectivity index (χ0v) is 32.8. The van der Waals surface area contributed by atoms with E-state index in [1.165, 1.54) is 69.7 Å². The van der Waals surface area contributed by atoms with Crippen molar-refractivity contribution in [2.24, 2.45) is 0 Å². The molecule has 0 saturated carbocycles. The number of nitrogens with zero attached hydrogens (tertiary/aromatic N) is 1. The number of benzene rings is 10. The van der Waals surface area contributed by atoms with Crippen molar-refractivity contribution < 1.29 is 4.42 Å². The molecule has 0 fully saturated rings. The van der Waals surface area contributed by atoms with E-state index in [9.17, 15) is 0 Å². The van der Waals surface area contributed by atoms with Gasteiger partial charge in [-0.3, -0.25) is 0 Å². The van der Waals surface area contributed by atoms with E-state index in [0.29, 0.717) is 0 Å². The van der Waals surface area contributed by atoms with Crippen LogP contribution in [0.5, 0.6) is 0 Å². The molecule has 0 radical (unpaired) electrons. The Balaban J connectivity index is 0.985. The zero-order chi connectivity index (χ0) is 38.9. The lowest BCUT2D eigenvalue weighted by Gasteiger charge is -2.27. The molecule has 59 heavy (non-hydrogen) atoms. The minimum atomic E-state index is 0.869. The van der Waals surface area contributed by atoms with E-state index in [-0.39, 0.29) is 0 Å². The highest BCUT2D eigenvalue weighted by molar-refractivity contribution is 7.25. The number of anilines is 3. The summed E-state index contributed by atoms with van der Waals surface area (Å²) in [5.74, 6) is 0. The molecule has 0 saturated heterocycles. The summed E-state index contributed by atoms with van der Waals surface area (Å²) in [6, 6.07) is 76.9. The summed E-state index contributed by atoms with van der Waals surface area (Å²) < 4.78 is 9.32. The van der Waals surface area contributed by atoms with Gasteiger partial charge in [0.2, 0.25) is 0 Å². The highest BCUT2D eigenvalue weighted by Gasteiger charge is 2.21. The minimum absolute atomic E-state index is 0.869. The van der Waals surface area contributed by atoms with Crippen LogP contribution in [0.2, 0.25) is 0 Å². The van der Waals surface area contributed by atoms with Crippen LogP contribution in [0.4, 0.5) is 17.1 Å². The second-order valence-corrected chi connectivity index (χ2v) is 16.3. The van der Waals surface area contributed by atoms with Crippen molar-refractivity contribution in [3.05, 3.63) is 212 Å². The van der Waals surface area contributed by atoms with E-state index in [1.54, 1.807) is 0 Å². The molecule has 0 bridgehead atoms. The van der Waals surface area contributed by atoms with Gasteiger partial charge in [0.15, 0.2) is 0 Å². The van der Waals surface area contributed by atoms with Gasteiger partial charge < -0.3 is 9.32 Å². The molecule has 0 amide bonds. The molecular weight excluding hydrogens is 735 g/mol. The lowest BCUT2D eigenvalue weighted by atomic mass is 9.96. The molecule has 3 heteroatoms. The normalized spacial score (nSPS) is 11.7. The van der Waals surface area contributed by atoms with Gasteiger partial charge in [-0.05, 0) is 104 Å². The first-order valence-electron chi connectivity index (χ1n) is 20.1. The fourth-order valence-corrected chi connectivity index (χ4v) is 10.1. The van der Waals surface area contributed by atoms with Crippen LogP contribution in [-0.2, 0) is 0 Å². The maximum atomic E-state index is 6.70. The van der Waals surface area contributed by atoms with Crippen LogP contribution in [0.1, 0.15) is 0 Å². The third-order valence-corrected chi connectivity index (χ3v) is 13.0. The topological polar surface area (TPSA) is 16.4 Å². The van der Waals surface area contributed by atoms with Crippen LogP contribution in [0.15, 0.2) is 217 Å². The first-order valence-corrected chi connectivity index (χ1v) is 20.9. The van der Waals surface area contributed by atoms with Crippen LogP contribution in [0, 0.1) is 0 Å². The molecule has 10 aromatic carbocycles. The van der Waals surface area contributed by atoms with Crippen molar-refractivity contribution in [2.45, 2.75) is 0 Å². The highest BCUT2D eigenvalue weighted by Crippen LogP contribution is 2.46. The first kappa shape index (κ1) is 33.7. The molecule has 0 aliphatic heterocycles. The summed E-state index contributed by atoms with van der Waals surface area (Å²) in [5.41, 5.74) is 12.2. The molecule has 0 N–H and O–H groups in total. The zero-order valence-electron chi connectivity index (χ0n) is 32.0. The summed E-state index contributed by atoms with van der Waals surface area (Å²) in [6.45, 7) is 0. The minimum Gasteiger partial charge on any atom is -0.455 e. The smallest absolute Gasteiger partial charge is 0.143 e. The Kier molecular flexibility index (Phi) is 7.75. The molecule has 0 aliphatic carbocycles. The van der Waals surface area contributed by atoms with Gasteiger partial charge in [-0.15, -0.1) is 11.3 Å². The third-order valence-electron chi connectivity index (χ3n) is 11.9. The van der Waals surface area contributed by atoms with E-state index in [4.69, 9.17) is 4.42 Å². The van der Waals surface area contributed by atoms with Gasteiger partial charge in [-0.1, -0.05) is 158 Å². The predicted molar refractivity (Wildman–Crippen MR) is 253 cm³/mol. The van der Waals surface area contributed by atoms with Crippen LogP contribution >= 0.6 is 11.3 Å². The molecule has 0 spiro atoms. The third kappa shape index (κ3) is 5.62. The Morgan fingerprint density at radius 2 is 0.966 bits per heavy atom. The molecule has 0 atom stereocenters. The summed E-state index contributed by atoms with van der Waals surface area (Å²) >= 11 is 1.86. The number of furan rings is 1. The standard InChI is InChI=1S/C56H35NOS/c1-3-15-45-38(10-1)12-8-18-46(45)40-24-22-36(23-25-40)37-26-30-43(31-27-37)57(51-19-9-20-52-55(51)50-33-28-39-11-2-4-16-47(39)56(50)58-52)44-14-7-13-41(34-44)42-29-32-49-48-17-5-6-21-53(48)59-54(49)35-42/h1-35H. The van der Waals surface area contributed by atoms with Crippen molar-refractivity contribution >= 4 is 92.1 Å². The van der Waals surface area contributed by atoms with Crippen molar-refractivity contribution in [2.75, 3.05) is 4.90 Å². The van der Waals surface area contributed by atoms with Crippen LogP contribution < -0.4 is 4.90 Å². The summed E-state index contributed by atoms with van der Waals surface area (Å²) in [6.07, 6.45) is 0. The van der Waals surface area contributed by atoms with E-state index < -0.39 is 0 Å². The van der Waals surface area contributed by atoms with Crippen molar-refractivity contribution in [3.8, 4) is 33.4 Å². The fourth-order valence-electron chi connectivity index (χ4n) is 9.00. The molecule has 2 aromatic heterocycles. The Bertz CT molecular complexity index is 3550. The molecule has 12 aromatic rings. The monoisotopic (exact) mass is 769 g/mol. The fraction of sp³-hybridized carbons (Fsp3) is 0. The first-order chi connectivity index (χ1) is 29.2. The average Bonchev–Trinajstić information content (AvgIpc) is 3.88. The maximum Gasteiger partial charge on any atom is 0.143 e. The largest absolute Gasteiger partial charge is 0.455 e. The van der Waals surface area contributed by atoms with Gasteiger partial charge in [0.1, 0.15) is 11.2 Å². The number of hydrogen-bond acceptors (Lipinski definition) is 3. The molecule has 0 unspecified atom stereocenters. The van der Waals surface area contributed by atoms with Gasteiger partial charge in [-0.2, -0.15) is 0 Å². The van der Waals surface area contributed by atoms with Crippen molar-refractivity contribution in [1.29, 1.82) is 0 Å². The molecule has 0 aliphatic rings. The van der Waals surface area contributed by atoms with E-state index in [2.05, 4.69) is 217 Å². The number of fused-ring (bicyclic) bond motifs is 9. The number of thiophene rings is 1. The lowest BCUT2D eigenvalue weighted by molar-refractivity contribution is 0.672. The lowest BCUT2D eigenvalue weighted by Crippen LogP contribution is -2.10. The van der Waals surface area contributed by atoms with E-state index in [1.807, 2.05) is 11.3 Å². The summed E-state index contributed by atoms with van der Waals surface area (Å²) in [5, 5.41) is 9.63. The average molecular weight is 770 g/mol. The SMILES string of the molecule is c1cc(-c2ccc3c(c2)sc2ccccc23)cc(N(c2ccc(-c3ccc(-c4cccc5ccccc45)cc3)cc2)c2cccc3oc4c5ccccc5ccc4c23)c1. The molecular formula is C56H35NOS. The number of hydrogen-bond donors (Lipinski definition) is 0. The Hall–Kier alpha value is -7.46. The number of rotatable bonds is 6. The highest BCUT2D eigenvalue weighted by atomic mass is 32.1. The van der Waals surface area contributed by atoms with Crippen LogP contribution in [-0.4, -0.2) is 0 Å². The second kappa shape index (κ2) is 13.6. The summed E-state index contributed by atoms with van der Waals surface area (Å²) in [7, 11) is 0. The van der Waals surface area contributed by atoms with Gasteiger partial charge >= 0.3 is 0 Å². The predicted octanol–water partition coefficient (Wildman–Crippen LogP) is 16.7. The van der Waals surface area contributed by atoms with E-state index >= 15 is 0 Å². The molecule has 12 rings (SSSR count). The second-order valence-electron chi connectivity index (χ2n) is 15.3. The molecule has 2 nitrogen and oxygen atoms in total. The Morgan fingerprint density at radius 1 is 0.356 bits per heavy atom. The van der Waals surface area contributed by atoms with Gasteiger partial charge in [0, 0.05) is 42.3 Å². The maximum absolute atomic E-state index is 6.70.